The predicted octanol–water partition coefficient (Wildman–Crippen LogP) is -1.60. The van der Waals surface area contributed by atoms with Crippen LogP contribution in [0.15, 0.2) is 15.8 Å². The first-order chi connectivity index (χ1) is 11.5. The Balaban J connectivity index is 1.92. The van der Waals surface area contributed by atoms with Crippen LogP contribution < -0.4 is 11.2 Å². The van der Waals surface area contributed by atoms with Gasteiger partial charge < -0.3 is 19.7 Å². The lowest BCUT2D eigenvalue weighted by Crippen LogP contribution is -2.40. The molecule has 4 atom stereocenters. The number of aliphatic hydroxyl groups excluding tert-OH is 2. The molecule has 2 unspecified atom stereocenters. The van der Waals surface area contributed by atoms with Crippen molar-refractivity contribution < 1.29 is 19.7 Å². The number of rotatable bonds is 5. The van der Waals surface area contributed by atoms with Crippen LogP contribution in [-0.2, 0) is 16.0 Å². The second-order valence-corrected chi connectivity index (χ2v) is 6.24. The molecule has 3 rings (SSSR count). The molecule has 3 heterocycles. The van der Waals surface area contributed by atoms with Gasteiger partial charge in [0, 0.05) is 25.4 Å². The van der Waals surface area contributed by atoms with E-state index in [-0.39, 0.29) is 0 Å². The highest BCUT2D eigenvalue weighted by molar-refractivity contribution is 5.06. The minimum atomic E-state index is -1.06. The van der Waals surface area contributed by atoms with E-state index < -0.39 is 42.4 Å². The molecule has 0 radical (unpaired) electrons. The largest absolute Gasteiger partial charge is 0.394 e. The number of nitrogens with zero attached hydrogens (tertiary/aromatic N) is 2. The maximum atomic E-state index is 12.2. The van der Waals surface area contributed by atoms with Crippen LogP contribution >= 0.6 is 0 Å². The minimum Gasteiger partial charge on any atom is -0.394 e. The molecule has 0 aliphatic carbocycles. The lowest BCUT2D eigenvalue weighted by molar-refractivity contribution is -0.0627. The molecule has 1 aromatic heterocycles. The van der Waals surface area contributed by atoms with E-state index in [1.54, 1.807) is 0 Å². The number of methoxy groups -OCH3 is 1. The molecule has 1 aromatic rings. The lowest BCUT2D eigenvalue weighted by atomic mass is 10.1. The van der Waals surface area contributed by atoms with Gasteiger partial charge in [-0.1, -0.05) is 0 Å². The highest BCUT2D eigenvalue weighted by Crippen LogP contribution is 2.30. The van der Waals surface area contributed by atoms with Gasteiger partial charge in [0.05, 0.1) is 6.61 Å². The van der Waals surface area contributed by atoms with Gasteiger partial charge in [0.25, 0.3) is 5.56 Å². The van der Waals surface area contributed by atoms with Crippen molar-refractivity contribution in [2.24, 2.45) is 0 Å². The Morgan fingerprint density at radius 2 is 2.08 bits per heavy atom. The van der Waals surface area contributed by atoms with Crippen LogP contribution in [0.1, 0.15) is 24.6 Å². The van der Waals surface area contributed by atoms with Crippen LogP contribution in [0.4, 0.5) is 0 Å². The van der Waals surface area contributed by atoms with Gasteiger partial charge in [-0.25, -0.2) is 4.79 Å². The van der Waals surface area contributed by atoms with E-state index in [1.807, 2.05) is 0 Å². The van der Waals surface area contributed by atoms with Gasteiger partial charge in [0.2, 0.25) is 0 Å². The zero-order valence-electron chi connectivity index (χ0n) is 13.6. The van der Waals surface area contributed by atoms with Crippen molar-refractivity contribution in [1.29, 1.82) is 0 Å². The van der Waals surface area contributed by atoms with Crippen molar-refractivity contribution in [3.8, 4) is 0 Å². The molecule has 0 bridgehead atoms. The van der Waals surface area contributed by atoms with Crippen molar-refractivity contribution in [3.63, 3.8) is 0 Å². The van der Waals surface area contributed by atoms with Crippen molar-refractivity contribution in [2.45, 2.75) is 43.9 Å². The van der Waals surface area contributed by atoms with E-state index in [1.165, 1.54) is 17.9 Å². The minimum absolute atomic E-state index is 0.393. The summed E-state index contributed by atoms with van der Waals surface area (Å²) in [6.45, 7) is 1.90. The molecule has 2 fully saturated rings. The smallest absolute Gasteiger partial charge is 0.330 e. The van der Waals surface area contributed by atoms with Crippen LogP contribution in [-0.4, -0.2) is 69.8 Å². The number of ether oxygens (including phenoxy) is 2. The number of nitrogens with one attached hydrogen (secondary N) is 1. The maximum absolute atomic E-state index is 12.2. The van der Waals surface area contributed by atoms with Gasteiger partial charge in [-0.3, -0.25) is 19.2 Å². The lowest BCUT2D eigenvalue weighted by Gasteiger charge is -2.21. The van der Waals surface area contributed by atoms with E-state index in [0.717, 1.165) is 25.9 Å². The normalized spacial score (nSPS) is 31.0. The van der Waals surface area contributed by atoms with Gasteiger partial charge in [-0.15, -0.1) is 0 Å². The first-order valence-electron chi connectivity index (χ1n) is 8.09. The Hall–Kier alpha value is -1.52. The third-order valence-electron chi connectivity index (χ3n) is 4.67. The van der Waals surface area contributed by atoms with Gasteiger partial charge in [-0.05, 0) is 25.9 Å². The number of H-pyrrole nitrogens is 1. The molecule has 134 valence electrons. The molecule has 9 heteroatoms. The van der Waals surface area contributed by atoms with Crippen LogP contribution in [0.3, 0.4) is 0 Å². The molecule has 2 aliphatic rings. The summed E-state index contributed by atoms with van der Waals surface area (Å²) in [5, 5.41) is 19.4. The van der Waals surface area contributed by atoms with Crippen LogP contribution in [0.2, 0.25) is 0 Å². The van der Waals surface area contributed by atoms with E-state index in [2.05, 4.69) is 9.88 Å². The molecule has 0 saturated carbocycles. The third kappa shape index (κ3) is 3.17. The Bertz CT molecular complexity index is 681. The van der Waals surface area contributed by atoms with Crippen molar-refractivity contribution in [1.82, 2.24) is 14.5 Å². The molecular weight excluding hydrogens is 318 g/mol. The van der Waals surface area contributed by atoms with Crippen LogP contribution in [0.25, 0.3) is 0 Å². The average Bonchev–Trinajstić information content (AvgIpc) is 3.17. The highest BCUT2D eigenvalue weighted by atomic mass is 16.6. The molecule has 2 saturated heterocycles. The van der Waals surface area contributed by atoms with E-state index in [0.29, 0.717) is 12.1 Å². The standard InChI is InChI=1S/C15H23N3O6/c1-23-12-11(20)10(8-19)24-14(12)18-7-9(13(21)16-15(18)22)6-17-4-2-3-5-17/h7,10-12,14,19-20H,2-6,8H2,1H3,(H,16,21,22)/t10-,11?,12?,14-/m1/s1. The van der Waals surface area contributed by atoms with Crippen LogP contribution in [0.5, 0.6) is 0 Å². The molecule has 9 nitrogen and oxygen atoms in total. The predicted molar refractivity (Wildman–Crippen MR) is 83.6 cm³/mol. The van der Waals surface area contributed by atoms with Gasteiger partial charge >= 0.3 is 5.69 Å². The molecule has 2 aliphatic heterocycles. The first-order valence-corrected chi connectivity index (χ1v) is 8.09. The summed E-state index contributed by atoms with van der Waals surface area (Å²) in [4.78, 5) is 28.7. The molecule has 0 spiro atoms. The summed E-state index contributed by atoms with van der Waals surface area (Å²) < 4.78 is 12.0. The maximum Gasteiger partial charge on any atom is 0.330 e. The van der Waals surface area contributed by atoms with E-state index >= 15 is 0 Å². The zero-order chi connectivity index (χ0) is 17.3. The highest BCUT2D eigenvalue weighted by Gasteiger charge is 2.45. The topological polar surface area (TPSA) is 117 Å². The third-order valence-corrected chi connectivity index (χ3v) is 4.67. The number of aromatic amines is 1. The Kier molecular flexibility index (Phi) is 5.16. The summed E-state index contributed by atoms with van der Waals surface area (Å²) in [5.74, 6) is 0. The summed E-state index contributed by atoms with van der Waals surface area (Å²) in [6.07, 6.45) is 0.0161. The molecule has 0 amide bonds. The quantitative estimate of drug-likeness (QED) is 0.590. The Morgan fingerprint density at radius 1 is 1.38 bits per heavy atom. The summed E-state index contributed by atoms with van der Waals surface area (Å²) in [6, 6.07) is 0. The molecular formula is C15H23N3O6. The second kappa shape index (κ2) is 7.16. The molecule has 3 N–H and O–H groups in total. The molecule has 24 heavy (non-hydrogen) atoms. The number of likely N-dealkylation sites (tertiary alicyclic amines) is 1. The van der Waals surface area contributed by atoms with Gasteiger partial charge in [0.15, 0.2) is 6.23 Å². The fourth-order valence-electron chi connectivity index (χ4n) is 3.36. The summed E-state index contributed by atoms with van der Waals surface area (Å²) >= 11 is 0. The molecule has 0 aromatic carbocycles. The zero-order valence-corrected chi connectivity index (χ0v) is 13.6. The van der Waals surface area contributed by atoms with Gasteiger partial charge in [-0.2, -0.15) is 0 Å². The fourth-order valence-corrected chi connectivity index (χ4v) is 3.36. The summed E-state index contributed by atoms with van der Waals surface area (Å²) in [7, 11) is 1.39. The van der Waals surface area contributed by atoms with E-state index in [4.69, 9.17) is 9.47 Å². The number of aliphatic hydroxyl groups is 2. The van der Waals surface area contributed by atoms with E-state index in [9.17, 15) is 19.8 Å². The van der Waals surface area contributed by atoms with Crippen molar-refractivity contribution in [3.05, 3.63) is 32.6 Å². The summed E-state index contributed by atoms with van der Waals surface area (Å²) in [5.41, 5.74) is -0.603. The van der Waals surface area contributed by atoms with Crippen LogP contribution in [0, 0.1) is 0 Å². The average molecular weight is 341 g/mol. The number of aromatic nitrogens is 2. The fraction of sp³-hybridized carbons (Fsp3) is 0.733. The monoisotopic (exact) mass is 341 g/mol. The SMILES string of the molecule is COC1C(O)[C@@H](CO)O[C@H]1n1cc(CN2CCCC2)c(=O)[nH]c1=O. The Morgan fingerprint density at radius 3 is 2.71 bits per heavy atom. The second-order valence-electron chi connectivity index (χ2n) is 6.24. The number of hydrogen-bond donors (Lipinski definition) is 3. The first kappa shape index (κ1) is 17.3. The van der Waals surface area contributed by atoms with Crippen molar-refractivity contribution >= 4 is 0 Å². The Labute approximate surface area is 138 Å². The van der Waals surface area contributed by atoms with Gasteiger partial charge in [0.1, 0.15) is 18.3 Å². The number of hydrogen-bond acceptors (Lipinski definition) is 7. The van der Waals surface area contributed by atoms with Crippen molar-refractivity contribution in [2.75, 3.05) is 26.8 Å².